The van der Waals surface area contributed by atoms with Gasteiger partial charge in [0.2, 0.25) is 0 Å². The minimum atomic E-state index is -0.954. The summed E-state index contributed by atoms with van der Waals surface area (Å²) in [5, 5.41) is 29.7. The summed E-state index contributed by atoms with van der Waals surface area (Å²) in [4.78, 5) is 10.6. The van der Waals surface area contributed by atoms with Gasteiger partial charge in [-0.1, -0.05) is 36.4 Å². The van der Waals surface area contributed by atoms with Crippen molar-refractivity contribution in [1.82, 2.24) is 0 Å². The summed E-state index contributed by atoms with van der Waals surface area (Å²) >= 11 is 6.59. The Kier molecular flexibility index (Phi) is 7.19. The van der Waals surface area contributed by atoms with Gasteiger partial charge in [-0.25, -0.2) is 0 Å². The van der Waals surface area contributed by atoms with Crippen LogP contribution >= 0.6 is 11.6 Å². The third kappa shape index (κ3) is 4.97. The molecule has 0 radical (unpaired) electrons. The Balaban J connectivity index is 1.58. The highest BCUT2D eigenvalue weighted by Crippen LogP contribution is 2.46. The van der Waals surface area contributed by atoms with Crippen molar-refractivity contribution in [2.75, 3.05) is 0 Å². The van der Waals surface area contributed by atoms with Crippen LogP contribution in [-0.2, 0) is 4.79 Å². The quantitative estimate of drug-likeness (QED) is 0.308. The molecule has 1 aromatic rings. The summed E-state index contributed by atoms with van der Waals surface area (Å²) in [6.45, 7) is 0. The zero-order valence-electron chi connectivity index (χ0n) is 16.3. The molecule has 0 aliphatic heterocycles. The van der Waals surface area contributed by atoms with E-state index in [-0.39, 0.29) is 11.8 Å². The number of alkyl halides is 1. The second-order valence-electron chi connectivity index (χ2n) is 8.38. The average molecular weight is 407 g/mol. The Morgan fingerprint density at radius 2 is 1.93 bits per heavy atom. The first-order valence-electron chi connectivity index (χ1n) is 10.4. The molecular formula is C23H31ClO4. The molecule has 4 nitrogen and oxygen atoms in total. The first kappa shape index (κ1) is 21.4. The number of unbranched alkanes of at least 4 members (excludes halogenated alkanes) is 1. The molecule has 2 aliphatic carbocycles. The van der Waals surface area contributed by atoms with Crippen molar-refractivity contribution in [3.63, 3.8) is 0 Å². The largest absolute Gasteiger partial charge is 0.481 e. The number of benzene rings is 1. The fourth-order valence-corrected chi connectivity index (χ4v) is 4.94. The van der Waals surface area contributed by atoms with Crippen molar-refractivity contribution in [2.45, 2.75) is 80.8 Å². The van der Waals surface area contributed by atoms with E-state index in [1.807, 2.05) is 12.1 Å². The number of aliphatic hydroxyl groups excluding tert-OH is 1. The van der Waals surface area contributed by atoms with Crippen LogP contribution in [0.15, 0.2) is 36.4 Å². The van der Waals surface area contributed by atoms with E-state index in [0.717, 1.165) is 37.7 Å². The Labute approximate surface area is 172 Å². The van der Waals surface area contributed by atoms with Gasteiger partial charge in [-0.3, -0.25) is 4.79 Å². The minimum absolute atomic E-state index is 0.148. The number of rotatable bonds is 9. The highest BCUT2D eigenvalue weighted by Gasteiger charge is 2.42. The molecule has 0 aromatic heterocycles. The topological polar surface area (TPSA) is 77.8 Å². The standard InChI is InChI=1S/C23H31ClO4/c24-20-13-12-18(19(20)6-3-1-2-4-7-21(25)26)16-8-10-17(11-9-16)22(27)23(28)14-5-15-23/h1,3,8-11,18-20,22,27-28H,2,4-7,12-15H2,(H,25,26)/b3-1-. The fourth-order valence-electron chi connectivity index (χ4n) is 4.54. The molecule has 5 heteroatoms. The van der Waals surface area contributed by atoms with Crippen LogP contribution in [-0.4, -0.2) is 32.3 Å². The van der Waals surface area contributed by atoms with Crippen LogP contribution in [0.4, 0.5) is 0 Å². The Hall–Kier alpha value is -1.36. The van der Waals surface area contributed by atoms with Gasteiger partial charge in [0.25, 0.3) is 0 Å². The third-order valence-corrected chi connectivity index (χ3v) is 7.02. The van der Waals surface area contributed by atoms with Crippen molar-refractivity contribution in [3.8, 4) is 0 Å². The summed E-state index contributed by atoms with van der Waals surface area (Å²) in [6.07, 6.45) is 10.3. The van der Waals surface area contributed by atoms with E-state index < -0.39 is 17.7 Å². The van der Waals surface area contributed by atoms with Crippen LogP contribution in [0.25, 0.3) is 0 Å². The lowest BCUT2D eigenvalue weighted by atomic mass is 9.74. The van der Waals surface area contributed by atoms with Crippen LogP contribution in [0.5, 0.6) is 0 Å². The van der Waals surface area contributed by atoms with Gasteiger partial charge in [0.15, 0.2) is 0 Å². The van der Waals surface area contributed by atoms with E-state index in [0.29, 0.717) is 31.1 Å². The Bertz CT molecular complexity index is 680. The number of halogens is 1. The molecule has 0 spiro atoms. The van der Waals surface area contributed by atoms with Crippen LogP contribution in [0.1, 0.15) is 80.9 Å². The lowest BCUT2D eigenvalue weighted by molar-refractivity contribution is -0.137. The maximum absolute atomic E-state index is 10.6. The Morgan fingerprint density at radius 3 is 2.54 bits per heavy atom. The lowest BCUT2D eigenvalue weighted by Crippen LogP contribution is -2.42. The van der Waals surface area contributed by atoms with E-state index in [4.69, 9.17) is 16.7 Å². The molecular weight excluding hydrogens is 376 g/mol. The summed E-state index contributed by atoms with van der Waals surface area (Å²) in [5.74, 6) is 0.0104. The van der Waals surface area contributed by atoms with Crippen LogP contribution < -0.4 is 0 Å². The normalized spacial score (nSPS) is 27.6. The average Bonchev–Trinajstić information content (AvgIpc) is 3.02. The second-order valence-corrected chi connectivity index (χ2v) is 8.94. The molecule has 4 unspecified atom stereocenters. The van der Waals surface area contributed by atoms with Gasteiger partial charge in [0, 0.05) is 11.8 Å². The number of aliphatic hydroxyl groups is 2. The van der Waals surface area contributed by atoms with Crippen molar-refractivity contribution in [3.05, 3.63) is 47.5 Å². The van der Waals surface area contributed by atoms with Crippen molar-refractivity contribution >= 4 is 17.6 Å². The summed E-state index contributed by atoms with van der Waals surface area (Å²) < 4.78 is 0. The third-order valence-electron chi connectivity index (χ3n) is 6.48. The van der Waals surface area contributed by atoms with E-state index in [1.54, 1.807) is 0 Å². The van der Waals surface area contributed by atoms with E-state index in [2.05, 4.69) is 24.3 Å². The van der Waals surface area contributed by atoms with Crippen molar-refractivity contribution in [2.24, 2.45) is 5.92 Å². The number of carbonyl (C=O) groups is 1. The first-order valence-corrected chi connectivity index (χ1v) is 10.9. The first-order chi connectivity index (χ1) is 13.4. The maximum atomic E-state index is 10.6. The summed E-state index contributed by atoms with van der Waals surface area (Å²) in [7, 11) is 0. The van der Waals surface area contributed by atoms with Crippen molar-refractivity contribution in [1.29, 1.82) is 0 Å². The molecule has 3 N–H and O–H groups in total. The van der Waals surface area contributed by atoms with Gasteiger partial charge in [-0.05, 0) is 74.3 Å². The fraction of sp³-hybridized carbons (Fsp3) is 0.609. The molecule has 0 heterocycles. The molecule has 0 bridgehead atoms. The smallest absolute Gasteiger partial charge is 0.303 e. The van der Waals surface area contributed by atoms with Gasteiger partial charge < -0.3 is 15.3 Å². The number of carboxylic acid groups (broad SMARTS) is 1. The zero-order valence-corrected chi connectivity index (χ0v) is 17.0. The van der Waals surface area contributed by atoms with E-state index in [9.17, 15) is 15.0 Å². The van der Waals surface area contributed by atoms with Crippen LogP contribution in [0.2, 0.25) is 0 Å². The van der Waals surface area contributed by atoms with Crippen LogP contribution in [0.3, 0.4) is 0 Å². The number of hydrogen-bond donors (Lipinski definition) is 3. The van der Waals surface area contributed by atoms with Gasteiger partial charge in [-0.15, -0.1) is 11.6 Å². The highest BCUT2D eigenvalue weighted by atomic mass is 35.5. The molecule has 2 saturated carbocycles. The molecule has 2 fully saturated rings. The predicted molar refractivity (Wildman–Crippen MR) is 111 cm³/mol. The van der Waals surface area contributed by atoms with Gasteiger partial charge in [0.1, 0.15) is 6.10 Å². The molecule has 0 amide bonds. The highest BCUT2D eigenvalue weighted by molar-refractivity contribution is 6.21. The van der Waals surface area contributed by atoms with E-state index in [1.165, 1.54) is 5.56 Å². The lowest BCUT2D eigenvalue weighted by Gasteiger charge is -2.40. The monoisotopic (exact) mass is 406 g/mol. The molecule has 154 valence electrons. The van der Waals surface area contributed by atoms with Gasteiger partial charge in [0.05, 0.1) is 5.60 Å². The van der Waals surface area contributed by atoms with E-state index >= 15 is 0 Å². The minimum Gasteiger partial charge on any atom is -0.481 e. The Morgan fingerprint density at radius 1 is 1.21 bits per heavy atom. The SMILES string of the molecule is O=C(O)CCC/C=C\CC1C(Cl)CCC1c1ccc(C(O)C2(O)CCC2)cc1. The molecule has 2 aliphatic rings. The molecule has 0 saturated heterocycles. The number of carboxylic acids is 1. The number of hydrogen-bond acceptors (Lipinski definition) is 3. The zero-order chi connectivity index (χ0) is 20.1. The summed E-state index contributed by atoms with van der Waals surface area (Å²) in [5.41, 5.74) is 1.06. The van der Waals surface area contributed by atoms with Crippen molar-refractivity contribution < 1.29 is 20.1 Å². The second kappa shape index (κ2) is 9.43. The van der Waals surface area contributed by atoms with Gasteiger partial charge >= 0.3 is 5.97 Å². The summed E-state index contributed by atoms with van der Waals surface area (Å²) in [6, 6.07) is 8.03. The molecule has 28 heavy (non-hydrogen) atoms. The molecule has 1 aromatic carbocycles. The van der Waals surface area contributed by atoms with Gasteiger partial charge in [-0.2, -0.15) is 0 Å². The number of allylic oxidation sites excluding steroid dienone is 2. The predicted octanol–water partition coefficient (Wildman–Crippen LogP) is 4.94. The maximum Gasteiger partial charge on any atom is 0.303 e. The van der Waals surface area contributed by atoms with Crippen LogP contribution in [0, 0.1) is 5.92 Å². The molecule has 4 atom stereocenters. The molecule has 3 rings (SSSR count). The number of aliphatic carboxylic acids is 1.